The summed E-state index contributed by atoms with van der Waals surface area (Å²) in [6.07, 6.45) is 0. The molecule has 3 aromatic carbocycles. The SMILES string of the molecule is COc1cccc(/C(O)=C2\C(=O)C(=O)N(c3nc4c(C)cc(C)cc4s3)C2c2cccc([N+](=O)[O-])c2)c1. The molecule has 1 fully saturated rings. The first-order chi connectivity index (χ1) is 17.7. The van der Waals surface area contributed by atoms with Crippen molar-refractivity contribution in [3.05, 3.63) is 98.6 Å². The van der Waals surface area contributed by atoms with E-state index in [0.29, 0.717) is 16.8 Å². The zero-order valence-electron chi connectivity index (χ0n) is 20.1. The Morgan fingerprint density at radius 3 is 2.59 bits per heavy atom. The predicted molar refractivity (Wildman–Crippen MR) is 140 cm³/mol. The summed E-state index contributed by atoms with van der Waals surface area (Å²) in [5, 5.41) is 23.1. The largest absolute Gasteiger partial charge is 0.507 e. The molecule has 1 amide bonds. The summed E-state index contributed by atoms with van der Waals surface area (Å²) in [6.45, 7) is 3.86. The third-order valence-electron chi connectivity index (χ3n) is 6.21. The van der Waals surface area contributed by atoms with Crippen molar-refractivity contribution in [2.24, 2.45) is 0 Å². The molecule has 4 aromatic rings. The van der Waals surface area contributed by atoms with E-state index in [1.165, 1.54) is 47.6 Å². The van der Waals surface area contributed by atoms with Gasteiger partial charge in [0.1, 0.15) is 11.5 Å². The third-order valence-corrected chi connectivity index (χ3v) is 7.21. The number of carbonyl (C=O) groups excluding carboxylic acids is 2. The minimum atomic E-state index is -1.13. The number of benzene rings is 3. The molecular weight excluding hydrogens is 494 g/mol. The smallest absolute Gasteiger partial charge is 0.301 e. The van der Waals surface area contributed by atoms with E-state index in [9.17, 15) is 24.8 Å². The van der Waals surface area contributed by atoms with Crippen LogP contribution in [0.3, 0.4) is 0 Å². The standard InChI is InChI=1S/C27H21N3O6S/c1-14-10-15(2)22-20(11-14)37-27(28-22)29-23(16-6-4-8-18(12-16)30(34)35)21(25(32)26(29)33)24(31)17-7-5-9-19(13-17)36-3/h4-13,23,31H,1-3H3/b24-21+. The minimum absolute atomic E-state index is 0.189. The molecule has 1 aliphatic rings. The summed E-state index contributed by atoms with van der Waals surface area (Å²) in [4.78, 5) is 43.7. The molecule has 1 aromatic heterocycles. The van der Waals surface area contributed by atoms with Crippen LogP contribution in [0.15, 0.2) is 66.2 Å². The monoisotopic (exact) mass is 515 g/mol. The number of aryl methyl sites for hydroxylation is 2. The number of amides is 1. The number of hydrogen-bond acceptors (Lipinski definition) is 8. The third kappa shape index (κ3) is 4.11. The number of nitro groups is 1. The molecule has 10 heteroatoms. The molecule has 0 bridgehead atoms. The molecule has 0 radical (unpaired) electrons. The van der Waals surface area contributed by atoms with Gasteiger partial charge >= 0.3 is 5.91 Å². The van der Waals surface area contributed by atoms with Crippen molar-refractivity contribution in [2.45, 2.75) is 19.9 Å². The zero-order chi connectivity index (χ0) is 26.4. The highest BCUT2D eigenvalue weighted by Crippen LogP contribution is 2.45. The lowest BCUT2D eigenvalue weighted by atomic mass is 9.95. The number of hydrogen-bond donors (Lipinski definition) is 1. The van der Waals surface area contributed by atoms with Crippen molar-refractivity contribution in [3.8, 4) is 5.75 Å². The Balaban J connectivity index is 1.76. The van der Waals surface area contributed by atoms with Crippen molar-refractivity contribution >= 4 is 49.8 Å². The number of ketones is 1. The summed E-state index contributed by atoms with van der Waals surface area (Å²) < 4.78 is 6.07. The van der Waals surface area contributed by atoms with Gasteiger partial charge in [-0.15, -0.1) is 0 Å². The molecule has 1 aliphatic heterocycles. The number of nitro benzene ring substituents is 1. The van der Waals surface area contributed by atoms with Crippen molar-refractivity contribution in [2.75, 3.05) is 12.0 Å². The molecule has 1 unspecified atom stereocenters. The van der Waals surface area contributed by atoms with E-state index >= 15 is 0 Å². The summed E-state index contributed by atoms with van der Waals surface area (Å²) >= 11 is 1.24. The lowest BCUT2D eigenvalue weighted by Gasteiger charge is -2.22. The number of non-ortho nitro benzene ring substituents is 1. The van der Waals surface area contributed by atoms with Crippen LogP contribution in [-0.4, -0.2) is 33.8 Å². The fraction of sp³-hybridized carbons (Fsp3) is 0.148. The Morgan fingerprint density at radius 2 is 1.86 bits per heavy atom. The van der Waals surface area contributed by atoms with E-state index in [-0.39, 0.29) is 22.0 Å². The molecule has 5 rings (SSSR count). The van der Waals surface area contributed by atoms with E-state index < -0.39 is 28.4 Å². The minimum Gasteiger partial charge on any atom is -0.507 e. The molecule has 0 aliphatic carbocycles. The van der Waals surface area contributed by atoms with Crippen molar-refractivity contribution in [3.63, 3.8) is 0 Å². The van der Waals surface area contributed by atoms with Gasteiger partial charge in [-0.2, -0.15) is 0 Å². The van der Waals surface area contributed by atoms with Crippen LogP contribution in [0.4, 0.5) is 10.8 Å². The number of thiazole rings is 1. The Morgan fingerprint density at radius 1 is 1.11 bits per heavy atom. The first kappa shape index (κ1) is 24.1. The summed E-state index contributed by atoms with van der Waals surface area (Å²) in [5.74, 6) is -1.76. The molecule has 186 valence electrons. The van der Waals surface area contributed by atoms with Gasteiger partial charge in [0.25, 0.3) is 11.5 Å². The Labute approximate surface area is 215 Å². The average Bonchev–Trinajstić information content (AvgIpc) is 3.42. The number of methoxy groups -OCH3 is 1. The van der Waals surface area contributed by atoms with Gasteiger partial charge in [0.15, 0.2) is 5.13 Å². The first-order valence-corrected chi connectivity index (χ1v) is 12.1. The van der Waals surface area contributed by atoms with Crippen molar-refractivity contribution < 1.29 is 24.4 Å². The van der Waals surface area contributed by atoms with Gasteiger partial charge < -0.3 is 9.84 Å². The number of ether oxygens (including phenoxy) is 1. The number of nitrogens with zero attached hydrogens (tertiary/aromatic N) is 3. The average molecular weight is 516 g/mol. The molecule has 9 nitrogen and oxygen atoms in total. The summed E-state index contributed by atoms with van der Waals surface area (Å²) in [6, 6.07) is 14.9. The highest BCUT2D eigenvalue weighted by Gasteiger charge is 2.48. The van der Waals surface area contributed by atoms with Gasteiger partial charge in [0.2, 0.25) is 0 Å². The van der Waals surface area contributed by atoms with Gasteiger partial charge in [0.05, 0.1) is 33.9 Å². The number of fused-ring (bicyclic) bond motifs is 1. The molecule has 1 saturated heterocycles. The van der Waals surface area contributed by atoms with Crippen LogP contribution >= 0.6 is 11.3 Å². The molecule has 37 heavy (non-hydrogen) atoms. The Kier molecular flexibility index (Phi) is 5.96. The van der Waals surface area contributed by atoms with E-state index in [1.54, 1.807) is 24.3 Å². The molecule has 1 N–H and O–H groups in total. The second-order valence-corrected chi connectivity index (χ2v) is 9.69. The van der Waals surface area contributed by atoms with Crippen LogP contribution in [-0.2, 0) is 9.59 Å². The van der Waals surface area contributed by atoms with Crippen LogP contribution in [0, 0.1) is 24.0 Å². The van der Waals surface area contributed by atoms with Crippen LogP contribution < -0.4 is 9.64 Å². The van der Waals surface area contributed by atoms with Crippen LogP contribution in [0.5, 0.6) is 5.75 Å². The number of rotatable bonds is 5. The van der Waals surface area contributed by atoms with E-state index in [1.807, 2.05) is 26.0 Å². The second kappa shape index (κ2) is 9.14. The molecular formula is C27H21N3O6S. The van der Waals surface area contributed by atoms with Gasteiger partial charge in [-0.3, -0.25) is 24.6 Å². The molecule has 1 atom stereocenters. The second-order valence-electron chi connectivity index (χ2n) is 8.68. The normalized spacial score (nSPS) is 16.9. The first-order valence-electron chi connectivity index (χ1n) is 11.3. The number of aliphatic hydroxyl groups excluding tert-OH is 1. The van der Waals surface area contributed by atoms with Gasteiger partial charge in [-0.25, -0.2) is 4.98 Å². The van der Waals surface area contributed by atoms with Crippen molar-refractivity contribution in [1.29, 1.82) is 0 Å². The van der Waals surface area contributed by atoms with E-state index in [4.69, 9.17) is 4.74 Å². The maximum atomic E-state index is 13.4. The predicted octanol–water partition coefficient (Wildman–Crippen LogP) is 5.46. The maximum Gasteiger partial charge on any atom is 0.301 e. The number of Topliss-reactive ketones (excluding diaryl/α,β-unsaturated/α-hetero) is 1. The van der Waals surface area contributed by atoms with Crippen LogP contribution in [0.2, 0.25) is 0 Å². The zero-order valence-corrected chi connectivity index (χ0v) is 20.9. The highest BCUT2D eigenvalue weighted by atomic mass is 32.1. The van der Waals surface area contributed by atoms with Gasteiger partial charge in [0, 0.05) is 17.7 Å². The van der Waals surface area contributed by atoms with Crippen LogP contribution in [0.25, 0.3) is 16.0 Å². The Bertz CT molecular complexity index is 1640. The van der Waals surface area contributed by atoms with E-state index in [2.05, 4.69) is 4.98 Å². The van der Waals surface area contributed by atoms with Gasteiger partial charge in [-0.1, -0.05) is 41.7 Å². The maximum absolute atomic E-state index is 13.4. The molecule has 2 heterocycles. The number of carbonyl (C=O) groups is 2. The fourth-order valence-electron chi connectivity index (χ4n) is 4.54. The van der Waals surface area contributed by atoms with Crippen LogP contribution in [0.1, 0.15) is 28.3 Å². The molecule has 0 spiro atoms. The fourth-order valence-corrected chi connectivity index (χ4v) is 5.71. The number of aliphatic hydroxyl groups is 1. The highest BCUT2D eigenvalue weighted by molar-refractivity contribution is 7.22. The lowest BCUT2D eigenvalue weighted by Crippen LogP contribution is -2.29. The van der Waals surface area contributed by atoms with Crippen molar-refractivity contribution in [1.82, 2.24) is 4.98 Å². The molecule has 0 saturated carbocycles. The quantitative estimate of drug-likeness (QED) is 0.123. The van der Waals surface area contributed by atoms with Gasteiger partial charge in [-0.05, 0) is 48.7 Å². The Hall–Kier alpha value is -4.57. The topological polar surface area (TPSA) is 123 Å². The number of anilines is 1. The summed E-state index contributed by atoms with van der Waals surface area (Å²) in [5.41, 5.74) is 2.80. The van der Waals surface area contributed by atoms with E-state index in [0.717, 1.165) is 15.8 Å². The number of aromatic nitrogens is 1. The summed E-state index contributed by atoms with van der Waals surface area (Å²) in [7, 11) is 1.47. The lowest BCUT2D eigenvalue weighted by molar-refractivity contribution is -0.384.